The van der Waals surface area contributed by atoms with Gasteiger partial charge in [-0.1, -0.05) is 5.92 Å². The Morgan fingerprint density at radius 1 is 1.38 bits per heavy atom. The quantitative estimate of drug-likeness (QED) is 0.608. The predicted octanol–water partition coefficient (Wildman–Crippen LogP) is 3.28. The zero-order valence-corrected chi connectivity index (χ0v) is 8.40. The minimum atomic E-state index is -4.54. The second kappa shape index (κ2) is 4.44. The molecule has 0 bridgehead atoms. The van der Waals surface area contributed by atoms with Crippen LogP contribution in [0.1, 0.15) is 12.5 Å². The van der Waals surface area contributed by atoms with E-state index in [0.29, 0.717) is 6.07 Å². The molecule has 0 saturated heterocycles. The Hall–Kier alpha value is -1.70. The van der Waals surface area contributed by atoms with Gasteiger partial charge >= 0.3 is 6.18 Å². The zero-order valence-electron chi connectivity index (χ0n) is 8.40. The van der Waals surface area contributed by atoms with Gasteiger partial charge in [-0.25, -0.2) is 4.39 Å². The predicted molar refractivity (Wildman–Crippen MR) is 53.3 cm³/mol. The fourth-order valence-corrected chi connectivity index (χ4v) is 1.08. The summed E-state index contributed by atoms with van der Waals surface area (Å²) >= 11 is 0. The summed E-state index contributed by atoms with van der Waals surface area (Å²) in [6.45, 7) is 1.59. The third-order valence-corrected chi connectivity index (χ3v) is 1.92. The van der Waals surface area contributed by atoms with Crippen molar-refractivity contribution in [1.82, 2.24) is 0 Å². The van der Waals surface area contributed by atoms with Gasteiger partial charge in [0.05, 0.1) is 17.3 Å². The first-order valence-corrected chi connectivity index (χ1v) is 4.44. The number of benzene rings is 1. The van der Waals surface area contributed by atoms with Crippen molar-refractivity contribution in [3.05, 3.63) is 29.6 Å². The molecule has 1 aromatic rings. The molecule has 0 aliphatic rings. The number of anilines is 1. The molecular weight excluding hydrogens is 222 g/mol. The van der Waals surface area contributed by atoms with Crippen LogP contribution in [0.25, 0.3) is 0 Å². The minimum Gasteiger partial charge on any atom is -0.369 e. The Kier molecular flexibility index (Phi) is 3.43. The molecule has 5 heteroatoms. The van der Waals surface area contributed by atoms with Gasteiger partial charge in [0.25, 0.3) is 0 Å². The van der Waals surface area contributed by atoms with Crippen molar-refractivity contribution < 1.29 is 17.6 Å². The lowest BCUT2D eigenvalue weighted by molar-refractivity contribution is -0.137. The Morgan fingerprint density at radius 2 is 2.00 bits per heavy atom. The number of halogens is 4. The van der Waals surface area contributed by atoms with Crippen LogP contribution in [0.4, 0.5) is 23.2 Å². The lowest BCUT2D eigenvalue weighted by atomic mass is 10.2. The molecule has 16 heavy (non-hydrogen) atoms. The Bertz CT molecular complexity index is 417. The molecule has 0 spiro atoms. The van der Waals surface area contributed by atoms with Gasteiger partial charge in [-0.2, -0.15) is 13.2 Å². The number of hydrogen-bond acceptors (Lipinski definition) is 1. The molecule has 1 N–H and O–H groups in total. The third-order valence-electron chi connectivity index (χ3n) is 1.92. The average Bonchev–Trinajstić information content (AvgIpc) is 2.19. The fourth-order valence-electron chi connectivity index (χ4n) is 1.08. The summed E-state index contributed by atoms with van der Waals surface area (Å²) in [5, 5.41) is 2.56. The molecule has 0 aliphatic carbocycles. The maximum atomic E-state index is 13.2. The van der Waals surface area contributed by atoms with Gasteiger partial charge in [0.2, 0.25) is 0 Å². The van der Waals surface area contributed by atoms with Crippen LogP contribution in [0.2, 0.25) is 0 Å². The van der Waals surface area contributed by atoms with E-state index < -0.39 is 23.6 Å². The third kappa shape index (κ3) is 2.89. The van der Waals surface area contributed by atoms with Crippen LogP contribution < -0.4 is 5.32 Å². The zero-order chi connectivity index (χ0) is 12.3. The molecule has 1 atom stereocenters. The van der Waals surface area contributed by atoms with Crippen LogP contribution in [0.3, 0.4) is 0 Å². The van der Waals surface area contributed by atoms with Gasteiger partial charge < -0.3 is 5.32 Å². The highest BCUT2D eigenvalue weighted by Gasteiger charge is 2.31. The van der Waals surface area contributed by atoms with Crippen molar-refractivity contribution in [2.24, 2.45) is 0 Å². The largest absolute Gasteiger partial charge is 0.416 e. The van der Waals surface area contributed by atoms with Crippen LogP contribution >= 0.6 is 0 Å². The molecule has 0 aliphatic heterocycles. The van der Waals surface area contributed by atoms with Gasteiger partial charge in [0.1, 0.15) is 5.82 Å². The molecule has 0 saturated carbocycles. The molecule has 86 valence electrons. The minimum absolute atomic E-state index is 0.0431. The first kappa shape index (κ1) is 12.4. The van der Waals surface area contributed by atoms with E-state index in [-0.39, 0.29) is 5.69 Å². The van der Waals surface area contributed by atoms with Crippen LogP contribution in [0, 0.1) is 18.2 Å². The molecule has 0 fully saturated rings. The first-order chi connectivity index (χ1) is 7.34. The maximum absolute atomic E-state index is 13.2. The van der Waals surface area contributed by atoms with Crippen molar-refractivity contribution >= 4 is 5.69 Å². The van der Waals surface area contributed by atoms with Crippen molar-refractivity contribution in [2.75, 3.05) is 5.32 Å². The lowest BCUT2D eigenvalue weighted by Crippen LogP contribution is -2.14. The summed E-state index contributed by atoms with van der Waals surface area (Å²) in [4.78, 5) is 0. The molecule has 1 rings (SSSR count). The number of terminal acetylenes is 1. The standard InChI is InChI=1S/C11H9F4N/c1-3-7(2)16-10-5-4-8(6-9(10)12)11(13,14)15/h1,4-7,16H,2H3. The molecule has 0 aromatic heterocycles. The molecule has 1 nitrogen and oxygen atoms in total. The van der Waals surface area contributed by atoms with E-state index in [4.69, 9.17) is 6.42 Å². The van der Waals surface area contributed by atoms with Crippen LogP contribution in [0.5, 0.6) is 0 Å². The average molecular weight is 231 g/mol. The highest BCUT2D eigenvalue weighted by molar-refractivity contribution is 5.48. The maximum Gasteiger partial charge on any atom is 0.416 e. The van der Waals surface area contributed by atoms with Gasteiger partial charge in [-0.15, -0.1) is 6.42 Å². The summed E-state index contributed by atoms with van der Waals surface area (Å²) in [7, 11) is 0. The molecule has 1 aromatic carbocycles. The number of hydrogen-bond donors (Lipinski definition) is 1. The highest BCUT2D eigenvalue weighted by atomic mass is 19.4. The van der Waals surface area contributed by atoms with Crippen LogP contribution in [0.15, 0.2) is 18.2 Å². The van der Waals surface area contributed by atoms with E-state index >= 15 is 0 Å². The number of nitrogens with one attached hydrogen (secondary N) is 1. The van der Waals surface area contributed by atoms with E-state index in [1.54, 1.807) is 6.92 Å². The van der Waals surface area contributed by atoms with Crippen molar-refractivity contribution in [3.8, 4) is 12.3 Å². The van der Waals surface area contributed by atoms with E-state index in [1.165, 1.54) is 0 Å². The molecular formula is C11H9F4N. The molecule has 0 amide bonds. The van der Waals surface area contributed by atoms with E-state index in [1.807, 2.05) is 0 Å². The first-order valence-electron chi connectivity index (χ1n) is 4.44. The van der Waals surface area contributed by atoms with Crippen molar-refractivity contribution in [1.29, 1.82) is 0 Å². The molecule has 1 unspecified atom stereocenters. The summed E-state index contributed by atoms with van der Waals surface area (Å²) in [5.41, 5.74) is -1.07. The van der Waals surface area contributed by atoms with Crippen LogP contribution in [-0.2, 0) is 6.18 Å². The van der Waals surface area contributed by atoms with Crippen molar-refractivity contribution in [2.45, 2.75) is 19.1 Å². The Balaban J connectivity index is 2.97. The topological polar surface area (TPSA) is 12.0 Å². The molecule has 0 radical (unpaired) electrons. The summed E-state index contributed by atoms with van der Waals surface area (Å²) in [6, 6.07) is 1.80. The second-order valence-corrected chi connectivity index (χ2v) is 3.23. The smallest absolute Gasteiger partial charge is 0.369 e. The monoisotopic (exact) mass is 231 g/mol. The molecule has 0 heterocycles. The van der Waals surface area contributed by atoms with Gasteiger partial charge in [0.15, 0.2) is 0 Å². The lowest BCUT2D eigenvalue weighted by Gasteiger charge is -2.12. The summed E-state index contributed by atoms with van der Waals surface area (Å²) in [5.74, 6) is 1.31. The number of alkyl halides is 3. The highest BCUT2D eigenvalue weighted by Crippen LogP contribution is 2.31. The fraction of sp³-hybridized carbons (Fsp3) is 0.273. The normalized spacial score (nSPS) is 13.0. The van der Waals surface area contributed by atoms with Gasteiger partial charge in [0, 0.05) is 0 Å². The van der Waals surface area contributed by atoms with E-state index in [9.17, 15) is 17.6 Å². The summed E-state index contributed by atoms with van der Waals surface area (Å²) in [6.07, 6.45) is 0.510. The van der Waals surface area contributed by atoms with E-state index in [2.05, 4.69) is 11.2 Å². The second-order valence-electron chi connectivity index (χ2n) is 3.23. The van der Waals surface area contributed by atoms with E-state index in [0.717, 1.165) is 12.1 Å². The Morgan fingerprint density at radius 3 is 2.44 bits per heavy atom. The van der Waals surface area contributed by atoms with Gasteiger partial charge in [-0.3, -0.25) is 0 Å². The summed E-state index contributed by atoms with van der Waals surface area (Å²) < 4.78 is 49.9. The van der Waals surface area contributed by atoms with Crippen LogP contribution in [-0.4, -0.2) is 6.04 Å². The van der Waals surface area contributed by atoms with Gasteiger partial charge in [-0.05, 0) is 25.1 Å². The SMILES string of the molecule is C#CC(C)Nc1ccc(C(F)(F)F)cc1F. The Labute approximate surface area is 90.5 Å². The van der Waals surface area contributed by atoms with Crippen molar-refractivity contribution in [3.63, 3.8) is 0 Å². The number of rotatable bonds is 2.